The Labute approximate surface area is 163 Å². The van der Waals surface area contributed by atoms with Gasteiger partial charge in [0.25, 0.3) is 0 Å². The molecule has 0 spiro atoms. The van der Waals surface area contributed by atoms with E-state index in [1.807, 2.05) is 51.2 Å². The number of hydrogen-bond acceptors (Lipinski definition) is 3. The van der Waals surface area contributed by atoms with Gasteiger partial charge in [-0.3, -0.25) is 4.79 Å². The van der Waals surface area contributed by atoms with Gasteiger partial charge in [0.15, 0.2) is 5.78 Å². The number of hydrogen-bond donors (Lipinski definition) is 0. The zero-order chi connectivity index (χ0) is 20.6. The Morgan fingerprint density at radius 2 is 1.96 bits per heavy atom. The van der Waals surface area contributed by atoms with Crippen molar-refractivity contribution < 1.29 is 14.3 Å². The molecule has 0 fully saturated rings. The first kappa shape index (κ1) is 22.4. The van der Waals surface area contributed by atoms with Crippen LogP contribution in [0.15, 0.2) is 58.7 Å². The normalized spacial score (nSPS) is 21.1. The van der Waals surface area contributed by atoms with Crippen molar-refractivity contribution in [1.29, 1.82) is 0 Å². The summed E-state index contributed by atoms with van der Waals surface area (Å²) in [6.07, 6.45) is 17.9. The van der Waals surface area contributed by atoms with Crippen LogP contribution >= 0.6 is 0 Å². The molecule has 0 N–H and O–H groups in total. The molecule has 0 radical (unpaired) electrons. The second-order valence-corrected chi connectivity index (χ2v) is 7.61. The first-order valence-electron chi connectivity index (χ1n) is 9.10. The molecule has 27 heavy (non-hydrogen) atoms. The summed E-state index contributed by atoms with van der Waals surface area (Å²) in [5.74, 6) is 2.35. The molecule has 0 aromatic carbocycles. The van der Waals surface area contributed by atoms with Crippen LogP contribution in [0.4, 0.5) is 0 Å². The lowest BCUT2D eigenvalue weighted by atomic mass is 9.67. The summed E-state index contributed by atoms with van der Waals surface area (Å²) >= 11 is 0. The van der Waals surface area contributed by atoms with Crippen molar-refractivity contribution in [2.24, 2.45) is 11.3 Å². The quantitative estimate of drug-likeness (QED) is 0.284. The number of terminal acetylenes is 1. The third kappa shape index (κ3) is 6.57. The molecule has 0 amide bonds. The lowest BCUT2D eigenvalue weighted by Crippen LogP contribution is -2.32. The number of ether oxygens (including phenoxy) is 1. The van der Waals surface area contributed by atoms with Gasteiger partial charge in [0, 0.05) is 18.4 Å². The number of methoxy groups -OCH3 is 1. The van der Waals surface area contributed by atoms with Gasteiger partial charge in [-0.25, -0.2) is 4.79 Å². The van der Waals surface area contributed by atoms with Crippen molar-refractivity contribution in [1.82, 2.24) is 0 Å². The maximum atomic E-state index is 12.6. The largest absolute Gasteiger partial charge is 0.466 e. The highest BCUT2D eigenvalue weighted by molar-refractivity contribution is 5.99. The predicted octanol–water partition coefficient (Wildman–Crippen LogP) is 5.12. The van der Waals surface area contributed by atoms with E-state index in [1.54, 1.807) is 0 Å². The zero-order valence-electron chi connectivity index (χ0n) is 17.3. The Hall–Kier alpha value is -2.60. The van der Waals surface area contributed by atoms with Gasteiger partial charge >= 0.3 is 5.97 Å². The van der Waals surface area contributed by atoms with E-state index in [2.05, 4.69) is 24.5 Å². The van der Waals surface area contributed by atoms with E-state index >= 15 is 0 Å². The minimum atomic E-state index is -0.368. The molecule has 144 valence electrons. The molecule has 0 aliphatic heterocycles. The number of allylic oxidation sites excluding steroid dienone is 9. The summed E-state index contributed by atoms with van der Waals surface area (Å²) < 4.78 is 4.60. The molecule has 3 nitrogen and oxygen atoms in total. The molecule has 0 saturated heterocycles. The van der Waals surface area contributed by atoms with Gasteiger partial charge in [0.1, 0.15) is 0 Å². The maximum Gasteiger partial charge on any atom is 0.330 e. The van der Waals surface area contributed by atoms with Gasteiger partial charge in [-0.05, 0) is 49.3 Å². The average molecular weight is 367 g/mol. The van der Waals surface area contributed by atoms with Crippen LogP contribution in [0.2, 0.25) is 0 Å². The van der Waals surface area contributed by atoms with Crippen LogP contribution in [-0.4, -0.2) is 18.9 Å². The molecular weight excluding hydrogens is 336 g/mol. The molecule has 0 saturated carbocycles. The van der Waals surface area contributed by atoms with Gasteiger partial charge < -0.3 is 4.74 Å². The van der Waals surface area contributed by atoms with E-state index in [1.165, 1.54) is 13.2 Å². The first-order chi connectivity index (χ1) is 12.6. The van der Waals surface area contributed by atoms with Crippen molar-refractivity contribution in [3.05, 3.63) is 58.7 Å². The molecule has 0 aromatic rings. The third-order valence-corrected chi connectivity index (χ3v) is 4.77. The first-order valence-corrected chi connectivity index (χ1v) is 9.10. The summed E-state index contributed by atoms with van der Waals surface area (Å²) in [6.45, 7) is 10.0. The van der Waals surface area contributed by atoms with Crippen LogP contribution in [0.1, 0.15) is 47.5 Å². The third-order valence-electron chi connectivity index (χ3n) is 4.77. The zero-order valence-corrected chi connectivity index (χ0v) is 17.3. The Morgan fingerprint density at radius 3 is 2.56 bits per heavy atom. The Kier molecular flexibility index (Phi) is 8.25. The average Bonchev–Trinajstić information content (AvgIpc) is 2.59. The van der Waals surface area contributed by atoms with Crippen LogP contribution in [0.3, 0.4) is 0 Å². The fraction of sp³-hybridized carbons (Fsp3) is 0.417. The highest BCUT2D eigenvalue weighted by atomic mass is 16.5. The highest BCUT2D eigenvalue weighted by Crippen LogP contribution is 2.43. The van der Waals surface area contributed by atoms with E-state index in [9.17, 15) is 9.59 Å². The lowest BCUT2D eigenvalue weighted by Gasteiger charge is -2.36. The molecule has 1 aliphatic rings. The minimum absolute atomic E-state index is 0.0775. The van der Waals surface area contributed by atoms with Gasteiger partial charge in [-0.1, -0.05) is 49.8 Å². The molecule has 1 atom stereocenters. The van der Waals surface area contributed by atoms with E-state index in [4.69, 9.17) is 6.42 Å². The SMILES string of the molecule is C#CCC1CC(C)(C)C(/C=C/C(C)=C/C=C/C(C)=C/C(=O)OC)=C(C)C1=O. The van der Waals surface area contributed by atoms with Crippen LogP contribution in [0, 0.1) is 23.7 Å². The number of carbonyl (C=O) groups is 2. The van der Waals surface area contributed by atoms with E-state index in [0.29, 0.717) is 6.42 Å². The molecule has 1 aliphatic carbocycles. The summed E-state index contributed by atoms with van der Waals surface area (Å²) in [5.41, 5.74) is 3.65. The molecule has 0 aromatic heterocycles. The molecule has 1 rings (SSSR count). The monoisotopic (exact) mass is 366 g/mol. The summed E-state index contributed by atoms with van der Waals surface area (Å²) in [5, 5.41) is 0. The number of ketones is 1. The molecular formula is C24H30O3. The number of carbonyl (C=O) groups excluding carboxylic acids is 2. The fourth-order valence-corrected chi connectivity index (χ4v) is 3.34. The van der Waals surface area contributed by atoms with Crippen molar-refractivity contribution in [3.63, 3.8) is 0 Å². The standard InChI is InChI=1S/C24H30O3/c1-8-10-20-16-24(5,6)21(19(4)23(20)26)14-13-17(2)11-9-12-18(3)15-22(25)27-7/h1,9,11-15,20H,10,16H2,2-7H3/b12-9+,14-13+,17-11+,18-15+. The summed E-state index contributed by atoms with van der Waals surface area (Å²) in [6, 6.07) is 0. The summed E-state index contributed by atoms with van der Waals surface area (Å²) in [4.78, 5) is 23.7. The summed E-state index contributed by atoms with van der Waals surface area (Å²) in [7, 11) is 1.35. The van der Waals surface area contributed by atoms with Crippen LogP contribution in [0.5, 0.6) is 0 Å². The number of rotatable bonds is 6. The molecule has 3 heteroatoms. The fourth-order valence-electron chi connectivity index (χ4n) is 3.34. The second-order valence-electron chi connectivity index (χ2n) is 7.61. The van der Waals surface area contributed by atoms with Gasteiger partial charge in [-0.2, -0.15) is 0 Å². The highest BCUT2D eigenvalue weighted by Gasteiger charge is 2.37. The van der Waals surface area contributed by atoms with Crippen molar-refractivity contribution >= 4 is 11.8 Å². The van der Waals surface area contributed by atoms with Gasteiger partial charge in [0.2, 0.25) is 0 Å². The van der Waals surface area contributed by atoms with E-state index < -0.39 is 0 Å². The maximum absolute atomic E-state index is 12.6. The minimum Gasteiger partial charge on any atom is -0.466 e. The number of Topliss-reactive ketones (excluding diaryl/α,β-unsaturated/α-hetero) is 1. The number of esters is 1. The van der Waals surface area contributed by atoms with Gasteiger partial charge in [-0.15, -0.1) is 12.3 Å². The molecule has 0 heterocycles. The predicted molar refractivity (Wildman–Crippen MR) is 111 cm³/mol. The molecule has 0 bridgehead atoms. The lowest BCUT2D eigenvalue weighted by molar-refractivity contribution is -0.134. The van der Waals surface area contributed by atoms with E-state index in [0.717, 1.165) is 28.7 Å². The van der Waals surface area contributed by atoms with Gasteiger partial charge in [0.05, 0.1) is 7.11 Å². The molecule has 1 unspecified atom stereocenters. The second kappa shape index (κ2) is 9.92. The Bertz CT molecular complexity index is 777. The smallest absolute Gasteiger partial charge is 0.330 e. The Balaban J connectivity index is 2.97. The van der Waals surface area contributed by atoms with Crippen molar-refractivity contribution in [2.75, 3.05) is 7.11 Å². The topological polar surface area (TPSA) is 43.4 Å². The van der Waals surface area contributed by atoms with Crippen molar-refractivity contribution in [2.45, 2.75) is 47.5 Å². The van der Waals surface area contributed by atoms with Crippen LogP contribution in [-0.2, 0) is 14.3 Å². The van der Waals surface area contributed by atoms with Crippen LogP contribution < -0.4 is 0 Å². The van der Waals surface area contributed by atoms with Crippen LogP contribution in [0.25, 0.3) is 0 Å². The Morgan fingerprint density at radius 1 is 1.30 bits per heavy atom. The van der Waals surface area contributed by atoms with E-state index in [-0.39, 0.29) is 23.1 Å². The van der Waals surface area contributed by atoms with Crippen molar-refractivity contribution in [3.8, 4) is 12.3 Å².